The molecule has 0 amide bonds. The highest BCUT2D eigenvalue weighted by Crippen LogP contribution is 2.39. The average molecular weight is 365 g/mol. The third kappa shape index (κ3) is 3.34. The van der Waals surface area contributed by atoms with Crippen LogP contribution in [0.5, 0.6) is 0 Å². The van der Waals surface area contributed by atoms with Crippen LogP contribution < -0.4 is 10.2 Å². The lowest BCUT2D eigenvalue weighted by molar-refractivity contribution is 0.624. The van der Waals surface area contributed by atoms with Gasteiger partial charge in [-0.15, -0.1) is 0 Å². The Labute approximate surface area is 156 Å². The van der Waals surface area contributed by atoms with E-state index in [-0.39, 0.29) is 11.9 Å². The second-order valence-electron chi connectivity index (χ2n) is 7.12. The van der Waals surface area contributed by atoms with Crippen LogP contribution in [-0.4, -0.2) is 31.7 Å². The van der Waals surface area contributed by atoms with Crippen LogP contribution in [0.3, 0.4) is 0 Å². The SMILES string of the molecule is Fc1ccc(C2CCCN2c2ncnc(Nc3cc(C4CC4)[nH]n3)n2)cc1. The van der Waals surface area contributed by atoms with Crippen molar-refractivity contribution in [3.63, 3.8) is 0 Å². The van der Waals surface area contributed by atoms with E-state index in [0.717, 1.165) is 30.6 Å². The minimum absolute atomic E-state index is 0.146. The third-order valence-electron chi connectivity index (χ3n) is 5.18. The number of H-pyrrole nitrogens is 1. The van der Waals surface area contributed by atoms with E-state index in [1.165, 1.54) is 31.3 Å². The molecule has 5 rings (SSSR count). The molecule has 2 aliphatic rings. The van der Waals surface area contributed by atoms with Gasteiger partial charge in [-0.1, -0.05) is 12.1 Å². The molecule has 2 N–H and O–H groups in total. The Kier molecular flexibility index (Phi) is 3.95. The molecule has 0 spiro atoms. The Morgan fingerprint density at radius 3 is 2.78 bits per heavy atom. The minimum atomic E-state index is -0.223. The molecule has 1 unspecified atom stereocenters. The molecule has 27 heavy (non-hydrogen) atoms. The van der Waals surface area contributed by atoms with E-state index in [2.05, 4.69) is 35.4 Å². The number of halogens is 1. The van der Waals surface area contributed by atoms with Crippen molar-refractivity contribution < 1.29 is 4.39 Å². The summed E-state index contributed by atoms with van der Waals surface area (Å²) in [6, 6.07) is 8.83. The second-order valence-corrected chi connectivity index (χ2v) is 7.12. The average Bonchev–Trinajstić information content (AvgIpc) is 3.23. The van der Waals surface area contributed by atoms with E-state index in [1.54, 1.807) is 0 Å². The molecule has 1 saturated carbocycles. The number of benzene rings is 1. The van der Waals surface area contributed by atoms with Crippen LogP contribution in [0.1, 0.15) is 48.9 Å². The van der Waals surface area contributed by atoms with E-state index in [1.807, 2.05) is 18.2 Å². The van der Waals surface area contributed by atoms with Gasteiger partial charge in [0.1, 0.15) is 12.1 Å². The number of nitrogens with one attached hydrogen (secondary N) is 2. The Morgan fingerprint density at radius 1 is 1.11 bits per heavy atom. The van der Waals surface area contributed by atoms with Crippen molar-refractivity contribution >= 4 is 17.7 Å². The fourth-order valence-corrected chi connectivity index (χ4v) is 3.64. The predicted molar refractivity (Wildman–Crippen MR) is 99.4 cm³/mol. The van der Waals surface area contributed by atoms with Gasteiger partial charge in [0, 0.05) is 24.2 Å². The first kappa shape index (κ1) is 16.2. The molecule has 1 saturated heterocycles. The summed E-state index contributed by atoms with van der Waals surface area (Å²) < 4.78 is 13.2. The summed E-state index contributed by atoms with van der Waals surface area (Å²) in [7, 11) is 0. The van der Waals surface area contributed by atoms with Gasteiger partial charge in [-0.05, 0) is 43.4 Å². The fraction of sp³-hybridized carbons (Fsp3) is 0.368. The summed E-state index contributed by atoms with van der Waals surface area (Å²) >= 11 is 0. The quantitative estimate of drug-likeness (QED) is 0.717. The number of hydrogen-bond donors (Lipinski definition) is 2. The molecule has 3 heterocycles. The summed E-state index contributed by atoms with van der Waals surface area (Å²) in [6.07, 6.45) is 5.98. The van der Waals surface area contributed by atoms with Gasteiger partial charge in [-0.2, -0.15) is 10.1 Å². The summed E-state index contributed by atoms with van der Waals surface area (Å²) in [5, 5.41) is 10.5. The van der Waals surface area contributed by atoms with Crippen LogP contribution in [0.4, 0.5) is 22.1 Å². The van der Waals surface area contributed by atoms with Crippen molar-refractivity contribution in [3.8, 4) is 0 Å². The van der Waals surface area contributed by atoms with Gasteiger partial charge in [0.15, 0.2) is 5.82 Å². The summed E-state index contributed by atoms with van der Waals surface area (Å²) in [4.78, 5) is 15.3. The molecule has 8 heteroatoms. The molecule has 2 fully saturated rings. The third-order valence-corrected chi connectivity index (χ3v) is 5.18. The zero-order valence-electron chi connectivity index (χ0n) is 14.8. The summed E-state index contributed by atoms with van der Waals surface area (Å²) in [5.41, 5.74) is 2.23. The topological polar surface area (TPSA) is 82.6 Å². The van der Waals surface area contributed by atoms with Crippen LogP contribution in [0.25, 0.3) is 0 Å². The molecule has 1 aromatic carbocycles. The number of hydrogen-bond acceptors (Lipinski definition) is 6. The van der Waals surface area contributed by atoms with Crippen LogP contribution >= 0.6 is 0 Å². The number of rotatable bonds is 5. The normalized spacial score (nSPS) is 19.4. The van der Waals surface area contributed by atoms with Gasteiger partial charge in [-0.25, -0.2) is 14.4 Å². The van der Waals surface area contributed by atoms with Gasteiger partial charge in [-0.3, -0.25) is 5.10 Å². The molecule has 0 bridgehead atoms. The zero-order chi connectivity index (χ0) is 18.2. The highest BCUT2D eigenvalue weighted by Gasteiger charge is 2.29. The Morgan fingerprint density at radius 2 is 1.96 bits per heavy atom. The molecule has 3 aromatic rings. The highest BCUT2D eigenvalue weighted by atomic mass is 19.1. The van der Waals surface area contributed by atoms with Gasteiger partial charge >= 0.3 is 0 Å². The lowest BCUT2D eigenvalue weighted by atomic mass is 10.0. The number of aromatic nitrogens is 5. The van der Waals surface area contributed by atoms with Crippen molar-refractivity contribution in [3.05, 3.63) is 53.7 Å². The van der Waals surface area contributed by atoms with Crippen molar-refractivity contribution in [1.29, 1.82) is 0 Å². The number of aromatic amines is 1. The Bertz CT molecular complexity index is 935. The highest BCUT2D eigenvalue weighted by molar-refractivity contribution is 5.50. The molecular weight excluding hydrogens is 345 g/mol. The molecule has 138 valence electrons. The van der Waals surface area contributed by atoms with E-state index < -0.39 is 0 Å². The van der Waals surface area contributed by atoms with Crippen molar-refractivity contribution in [2.45, 2.75) is 37.6 Å². The Balaban J connectivity index is 1.36. The van der Waals surface area contributed by atoms with Gasteiger partial charge in [0.25, 0.3) is 0 Å². The second kappa shape index (κ2) is 6.61. The number of nitrogens with zero attached hydrogens (tertiary/aromatic N) is 5. The first-order valence-corrected chi connectivity index (χ1v) is 9.30. The summed E-state index contributed by atoms with van der Waals surface area (Å²) in [5.74, 6) is 2.20. The molecule has 0 radical (unpaired) electrons. The van der Waals surface area contributed by atoms with Gasteiger partial charge in [0.05, 0.1) is 6.04 Å². The molecule has 1 aliphatic carbocycles. The maximum atomic E-state index is 13.2. The molecule has 1 atom stereocenters. The standard InChI is InChI=1S/C19H20FN7/c20-14-7-5-13(6-8-14)16-2-1-9-27(16)19-22-11-21-18(24-19)23-17-10-15(25-26-17)12-3-4-12/h5-8,10-12,16H,1-4,9H2,(H2,21,22,23,24,25,26). The fourth-order valence-electron chi connectivity index (χ4n) is 3.64. The molecular formula is C19H20FN7. The van der Waals surface area contributed by atoms with E-state index in [9.17, 15) is 4.39 Å². The molecule has 7 nitrogen and oxygen atoms in total. The van der Waals surface area contributed by atoms with Gasteiger partial charge < -0.3 is 10.2 Å². The first-order chi connectivity index (χ1) is 13.3. The van der Waals surface area contributed by atoms with Gasteiger partial charge in [0.2, 0.25) is 11.9 Å². The van der Waals surface area contributed by atoms with Crippen LogP contribution in [-0.2, 0) is 0 Å². The largest absolute Gasteiger partial charge is 0.334 e. The Hall–Kier alpha value is -3.03. The zero-order valence-corrected chi connectivity index (χ0v) is 14.8. The monoisotopic (exact) mass is 365 g/mol. The number of anilines is 3. The van der Waals surface area contributed by atoms with Crippen LogP contribution in [0.2, 0.25) is 0 Å². The van der Waals surface area contributed by atoms with Crippen molar-refractivity contribution in [2.75, 3.05) is 16.8 Å². The lowest BCUT2D eigenvalue weighted by Crippen LogP contribution is -2.25. The van der Waals surface area contributed by atoms with Crippen LogP contribution in [0, 0.1) is 5.82 Å². The van der Waals surface area contributed by atoms with Crippen molar-refractivity contribution in [1.82, 2.24) is 25.1 Å². The van der Waals surface area contributed by atoms with E-state index in [4.69, 9.17) is 0 Å². The summed E-state index contributed by atoms with van der Waals surface area (Å²) in [6.45, 7) is 0.861. The lowest BCUT2D eigenvalue weighted by Gasteiger charge is -2.25. The van der Waals surface area contributed by atoms with Crippen LogP contribution in [0.15, 0.2) is 36.7 Å². The maximum Gasteiger partial charge on any atom is 0.233 e. The van der Waals surface area contributed by atoms with E-state index >= 15 is 0 Å². The minimum Gasteiger partial charge on any atom is -0.334 e. The first-order valence-electron chi connectivity index (χ1n) is 9.30. The molecule has 1 aliphatic heterocycles. The predicted octanol–water partition coefficient (Wildman–Crippen LogP) is 3.70. The maximum absolute atomic E-state index is 13.2. The van der Waals surface area contributed by atoms with Crippen molar-refractivity contribution in [2.24, 2.45) is 0 Å². The molecule has 2 aromatic heterocycles. The smallest absolute Gasteiger partial charge is 0.233 e. The van der Waals surface area contributed by atoms with E-state index in [0.29, 0.717) is 23.6 Å².